The predicted molar refractivity (Wildman–Crippen MR) is 64.6 cm³/mol. The molecule has 2 atom stereocenters. The van der Waals surface area contributed by atoms with Crippen molar-refractivity contribution in [1.29, 1.82) is 0 Å². The Morgan fingerprint density at radius 1 is 1.45 bits per heavy atom. The van der Waals surface area contributed by atoms with Gasteiger partial charge in [-0.2, -0.15) is 13.2 Å². The van der Waals surface area contributed by atoms with Crippen LogP contribution < -0.4 is 5.32 Å². The molecule has 116 valence electrons. The Labute approximate surface area is 115 Å². The summed E-state index contributed by atoms with van der Waals surface area (Å²) >= 11 is 0. The first kappa shape index (κ1) is 16.7. The lowest BCUT2D eigenvalue weighted by atomic mass is 10.0. The average Bonchev–Trinajstić information content (AvgIpc) is 2.71. The van der Waals surface area contributed by atoms with Crippen molar-refractivity contribution in [3.8, 4) is 0 Å². The lowest BCUT2D eigenvalue weighted by Crippen LogP contribution is -2.52. The van der Waals surface area contributed by atoms with E-state index in [1.165, 1.54) is 4.90 Å². The number of carbonyl (C=O) groups excluding carboxylic acids is 2. The second kappa shape index (κ2) is 6.43. The molecule has 0 unspecified atom stereocenters. The lowest BCUT2D eigenvalue weighted by molar-refractivity contribution is -0.202. The zero-order chi connectivity index (χ0) is 15.5. The van der Waals surface area contributed by atoms with Gasteiger partial charge in [0.15, 0.2) is 6.10 Å². The van der Waals surface area contributed by atoms with E-state index < -0.39 is 30.8 Å². The predicted octanol–water partition coefficient (Wildman–Crippen LogP) is 0.673. The van der Waals surface area contributed by atoms with Gasteiger partial charge in [-0.25, -0.2) is 0 Å². The summed E-state index contributed by atoms with van der Waals surface area (Å²) in [6.45, 7) is 2.95. The summed E-state index contributed by atoms with van der Waals surface area (Å²) in [7, 11) is 0. The van der Waals surface area contributed by atoms with Gasteiger partial charge >= 0.3 is 6.18 Å². The number of likely N-dealkylation sites (tertiary alicyclic amines) is 1. The van der Waals surface area contributed by atoms with Crippen LogP contribution in [0.2, 0.25) is 0 Å². The van der Waals surface area contributed by atoms with E-state index in [-0.39, 0.29) is 11.8 Å². The highest BCUT2D eigenvalue weighted by molar-refractivity contribution is 5.88. The van der Waals surface area contributed by atoms with Crippen LogP contribution in [-0.2, 0) is 9.59 Å². The largest absolute Gasteiger partial charge is 0.416 e. The van der Waals surface area contributed by atoms with Gasteiger partial charge < -0.3 is 15.3 Å². The van der Waals surface area contributed by atoms with E-state index in [0.717, 1.165) is 0 Å². The molecule has 1 fully saturated rings. The van der Waals surface area contributed by atoms with Gasteiger partial charge in [-0.15, -0.1) is 0 Å². The number of carbonyl (C=O) groups is 2. The Hall–Kier alpha value is -1.31. The minimum atomic E-state index is -4.77. The van der Waals surface area contributed by atoms with Gasteiger partial charge in [-0.1, -0.05) is 13.8 Å². The second-order valence-electron chi connectivity index (χ2n) is 5.18. The van der Waals surface area contributed by atoms with Crippen LogP contribution >= 0.6 is 0 Å². The fraction of sp³-hybridized carbons (Fsp3) is 0.833. The third kappa shape index (κ3) is 4.09. The number of halogens is 3. The fourth-order valence-corrected chi connectivity index (χ4v) is 2.18. The van der Waals surface area contributed by atoms with Gasteiger partial charge in [0.25, 0.3) is 0 Å². The van der Waals surface area contributed by atoms with E-state index in [9.17, 15) is 22.8 Å². The molecule has 1 saturated heterocycles. The van der Waals surface area contributed by atoms with Crippen LogP contribution in [0.15, 0.2) is 0 Å². The maximum Gasteiger partial charge on any atom is 0.416 e. The molecule has 0 spiro atoms. The summed E-state index contributed by atoms with van der Waals surface area (Å²) in [6, 6.07) is -0.801. The SMILES string of the molecule is CC(C)[C@@H](C(=O)NC[C@H](O)C(F)(F)F)N1CCCC1=O. The van der Waals surface area contributed by atoms with E-state index in [1.54, 1.807) is 13.8 Å². The highest BCUT2D eigenvalue weighted by Crippen LogP contribution is 2.21. The minimum absolute atomic E-state index is 0.171. The first-order valence-corrected chi connectivity index (χ1v) is 6.46. The number of nitrogens with zero attached hydrogens (tertiary/aromatic N) is 1. The zero-order valence-electron chi connectivity index (χ0n) is 11.4. The van der Waals surface area contributed by atoms with Crippen LogP contribution in [0.1, 0.15) is 26.7 Å². The van der Waals surface area contributed by atoms with Crippen LogP contribution in [-0.4, -0.2) is 53.2 Å². The second-order valence-corrected chi connectivity index (χ2v) is 5.18. The fourth-order valence-electron chi connectivity index (χ4n) is 2.18. The van der Waals surface area contributed by atoms with Gasteiger partial charge in [-0.05, 0) is 12.3 Å². The van der Waals surface area contributed by atoms with Crippen LogP contribution in [0, 0.1) is 5.92 Å². The number of amides is 2. The van der Waals surface area contributed by atoms with Gasteiger partial charge in [0.2, 0.25) is 11.8 Å². The summed E-state index contributed by atoms with van der Waals surface area (Å²) in [5, 5.41) is 10.9. The Morgan fingerprint density at radius 2 is 2.05 bits per heavy atom. The molecule has 2 N–H and O–H groups in total. The first-order chi connectivity index (χ1) is 9.14. The summed E-state index contributed by atoms with van der Waals surface area (Å²) < 4.78 is 36.5. The van der Waals surface area contributed by atoms with Crippen LogP contribution in [0.5, 0.6) is 0 Å². The monoisotopic (exact) mass is 296 g/mol. The zero-order valence-corrected chi connectivity index (χ0v) is 11.4. The average molecular weight is 296 g/mol. The molecule has 2 amide bonds. The number of nitrogens with one attached hydrogen (secondary N) is 1. The molecule has 20 heavy (non-hydrogen) atoms. The number of hydrogen-bond donors (Lipinski definition) is 2. The molecule has 8 heteroatoms. The molecule has 0 saturated carbocycles. The molecule has 0 aliphatic carbocycles. The van der Waals surface area contributed by atoms with Crippen molar-refractivity contribution in [1.82, 2.24) is 10.2 Å². The third-order valence-electron chi connectivity index (χ3n) is 3.19. The van der Waals surface area contributed by atoms with Gasteiger partial charge in [0.05, 0.1) is 6.54 Å². The van der Waals surface area contributed by atoms with Crippen LogP contribution in [0.25, 0.3) is 0 Å². The Balaban J connectivity index is 2.64. The molecule has 0 aromatic carbocycles. The van der Waals surface area contributed by atoms with E-state index in [2.05, 4.69) is 5.32 Å². The van der Waals surface area contributed by atoms with E-state index in [4.69, 9.17) is 5.11 Å². The Bertz CT molecular complexity index is 371. The molecular weight excluding hydrogens is 277 g/mol. The van der Waals surface area contributed by atoms with Crippen LogP contribution in [0.4, 0.5) is 13.2 Å². The van der Waals surface area contributed by atoms with Crippen LogP contribution in [0.3, 0.4) is 0 Å². The number of aliphatic hydroxyl groups excluding tert-OH is 1. The molecule has 1 aliphatic heterocycles. The van der Waals surface area contributed by atoms with Crippen molar-refractivity contribution in [2.24, 2.45) is 5.92 Å². The molecule has 1 rings (SSSR count). The van der Waals surface area contributed by atoms with E-state index in [0.29, 0.717) is 19.4 Å². The summed E-state index contributed by atoms with van der Waals surface area (Å²) in [5.41, 5.74) is 0. The van der Waals surface area contributed by atoms with E-state index in [1.807, 2.05) is 0 Å². The standard InChI is InChI=1S/C12H19F3N2O3/c1-7(2)10(17-5-3-4-9(17)19)11(20)16-6-8(18)12(13,14)15/h7-8,10,18H,3-6H2,1-2H3,(H,16,20)/t8-,10-/m0/s1. The number of alkyl halides is 3. The molecular formula is C12H19F3N2O3. The van der Waals surface area contributed by atoms with Gasteiger partial charge in [0, 0.05) is 13.0 Å². The topological polar surface area (TPSA) is 69.6 Å². The summed E-state index contributed by atoms with van der Waals surface area (Å²) in [5.74, 6) is -1.06. The van der Waals surface area contributed by atoms with Crippen molar-refractivity contribution in [2.75, 3.05) is 13.1 Å². The number of rotatable bonds is 5. The van der Waals surface area contributed by atoms with Crippen molar-refractivity contribution in [2.45, 2.75) is 45.0 Å². The molecule has 1 heterocycles. The normalized spacial score (nSPS) is 19.4. The molecule has 0 aromatic rings. The first-order valence-electron chi connectivity index (χ1n) is 6.46. The Kier molecular flexibility index (Phi) is 5.38. The molecule has 0 aromatic heterocycles. The van der Waals surface area contributed by atoms with Crippen molar-refractivity contribution < 1.29 is 27.9 Å². The highest BCUT2D eigenvalue weighted by atomic mass is 19.4. The molecule has 0 radical (unpaired) electrons. The smallest absolute Gasteiger partial charge is 0.382 e. The van der Waals surface area contributed by atoms with Crippen molar-refractivity contribution in [3.63, 3.8) is 0 Å². The minimum Gasteiger partial charge on any atom is -0.382 e. The molecule has 1 aliphatic rings. The quantitative estimate of drug-likeness (QED) is 0.783. The molecule has 5 nitrogen and oxygen atoms in total. The summed E-state index contributed by atoms with van der Waals surface area (Å²) in [6.07, 6.45) is -6.39. The Morgan fingerprint density at radius 3 is 2.45 bits per heavy atom. The maximum absolute atomic E-state index is 12.2. The van der Waals surface area contributed by atoms with Crippen molar-refractivity contribution in [3.05, 3.63) is 0 Å². The maximum atomic E-state index is 12.2. The van der Waals surface area contributed by atoms with E-state index >= 15 is 0 Å². The molecule has 0 bridgehead atoms. The number of aliphatic hydroxyl groups is 1. The van der Waals surface area contributed by atoms with Crippen molar-refractivity contribution >= 4 is 11.8 Å². The number of hydrogen-bond acceptors (Lipinski definition) is 3. The lowest BCUT2D eigenvalue weighted by Gasteiger charge is -2.30. The van der Waals surface area contributed by atoms with Gasteiger partial charge in [0.1, 0.15) is 6.04 Å². The highest BCUT2D eigenvalue weighted by Gasteiger charge is 2.40. The third-order valence-corrected chi connectivity index (χ3v) is 3.19. The van der Waals surface area contributed by atoms with Gasteiger partial charge in [-0.3, -0.25) is 9.59 Å². The summed E-state index contributed by atoms with van der Waals surface area (Å²) in [4.78, 5) is 25.0.